The summed E-state index contributed by atoms with van der Waals surface area (Å²) in [5.74, 6) is -1.14. The highest BCUT2D eigenvalue weighted by Gasteiger charge is 2.21. The summed E-state index contributed by atoms with van der Waals surface area (Å²) in [7, 11) is 1.82. The fourth-order valence-corrected chi connectivity index (χ4v) is 3.06. The van der Waals surface area contributed by atoms with Crippen LogP contribution in [-0.4, -0.2) is 39.7 Å². The predicted molar refractivity (Wildman–Crippen MR) is 108 cm³/mol. The van der Waals surface area contributed by atoms with Gasteiger partial charge in [0.15, 0.2) is 11.5 Å². The molecule has 8 nitrogen and oxygen atoms in total. The smallest absolute Gasteiger partial charge is 0.315 e. The van der Waals surface area contributed by atoms with Gasteiger partial charge in [0.1, 0.15) is 5.82 Å². The van der Waals surface area contributed by atoms with Crippen molar-refractivity contribution in [2.24, 2.45) is 0 Å². The van der Waals surface area contributed by atoms with Crippen LogP contribution in [0.1, 0.15) is 0 Å². The normalized spacial score (nSPS) is 11.2. The van der Waals surface area contributed by atoms with Gasteiger partial charge < -0.3 is 24.8 Å². The number of fused-ring (bicyclic) bond motifs is 1. The summed E-state index contributed by atoms with van der Waals surface area (Å²) in [5, 5.41) is 16.7. The molecule has 0 fully saturated rings. The van der Waals surface area contributed by atoms with Crippen molar-refractivity contribution in [3.05, 3.63) is 52.9 Å². The van der Waals surface area contributed by atoms with Crippen molar-refractivity contribution in [1.82, 2.24) is 24.9 Å². The lowest BCUT2D eigenvalue weighted by Gasteiger charge is -2.13. The number of aromatic nitrogens is 4. The quantitative estimate of drug-likeness (QED) is 0.359. The number of rotatable bonds is 7. The van der Waals surface area contributed by atoms with Crippen LogP contribution in [0.2, 0.25) is 0 Å². The second kappa shape index (κ2) is 8.13. The number of likely N-dealkylation sites (N-methyl/N-ethyl adjacent to an activating group) is 1. The van der Waals surface area contributed by atoms with E-state index in [4.69, 9.17) is 4.42 Å². The first kappa shape index (κ1) is 19.3. The van der Waals surface area contributed by atoms with Gasteiger partial charge in [-0.2, -0.15) is 0 Å². The molecule has 0 bridgehead atoms. The van der Waals surface area contributed by atoms with Gasteiger partial charge in [-0.05, 0) is 25.2 Å². The number of benzene rings is 1. The zero-order chi connectivity index (χ0) is 20.4. The van der Waals surface area contributed by atoms with Gasteiger partial charge >= 0.3 is 6.01 Å². The third kappa shape index (κ3) is 3.91. The number of anilines is 3. The third-order valence-corrected chi connectivity index (χ3v) is 4.61. The summed E-state index contributed by atoms with van der Waals surface area (Å²) in [5.41, 5.74) is 0.427. The van der Waals surface area contributed by atoms with Crippen LogP contribution >= 0.6 is 15.9 Å². The highest BCUT2D eigenvalue weighted by atomic mass is 79.9. The van der Waals surface area contributed by atoms with E-state index in [0.717, 1.165) is 0 Å². The fraction of sp³-hybridized carbons (Fsp3) is 0.167. The highest BCUT2D eigenvalue weighted by molar-refractivity contribution is 9.10. The lowest BCUT2D eigenvalue weighted by atomic mass is 10.2. The zero-order valence-corrected chi connectivity index (χ0v) is 16.8. The van der Waals surface area contributed by atoms with Crippen molar-refractivity contribution in [3.63, 3.8) is 0 Å². The molecule has 4 rings (SSSR count). The van der Waals surface area contributed by atoms with E-state index in [-0.39, 0.29) is 34.5 Å². The summed E-state index contributed by atoms with van der Waals surface area (Å²) >= 11 is 3.20. The Morgan fingerprint density at radius 2 is 2.07 bits per heavy atom. The number of imidazole rings is 1. The number of hydrogen-bond donors (Lipinski definition) is 3. The molecule has 3 heterocycles. The minimum Gasteiger partial charge on any atom is -0.403 e. The van der Waals surface area contributed by atoms with Crippen LogP contribution in [0.4, 0.5) is 26.2 Å². The molecule has 1 aromatic carbocycles. The zero-order valence-electron chi connectivity index (χ0n) is 15.2. The molecule has 3 N–H and O–H groups in total. The van der Waals surface area contributed by atoms with Crippen LogP contribution in [0.15, 0.2) is 45.7 Å². The Hall–Kier alpha value is -3.05. The van der Waals surface area contributed by atoms with Crippen molar-refractivity contribution in [2.45, 2.75) is 0 Å². The van der Waals surface area contributed by atoms with Crippen LogP contribution in [0.3, 0.4) is 0 Å². The predicted octanol–water partition coefficient (Wildman–Crippen LogP) is 3.80. The van der Waals surface area contributed by atoms with Gasteiger partial charge in [-0.3, -0.25) is 0 Å². The minimum absolute atomic E-state index is 0.0182. The van der Waals surface area contributed by atoms with Crippen molar-refractivity contribution < 1.29 is 13.2 Å². The molecule has 0 aliphatic carbocycles. The Morgan fingerprint density at radius 1 is 1.21 bits per heavy atom. The SMILES string of the molecule is CNCCNc1nnc(-c2cn3ccnc3c(F)c2Nc2ccc(Br)cc2F)o1. The lowest BCUT2D eigenvalue weighted by Crippen LogP contribution is -2.17. The molecule has 0 atom stereocenters. The first-order valence-corrected chi connectivity index (χ1v) is 9.45. The van der Waals surface area contributed by atoms with Gasteiger partial charge in [-0.15, -0.1) is 5.10 Å². The minimum atomic E-state index is -0.669. The van der Waals surface area contributed by atoms with Crippen LogP contribution in [0.5, 0.6) is 0 Å². The van der Waals surface area contributed by atoms with E-state index in [1.807, 2.05) is 7.05 Å². The van der Waals surface area contributed by atoms with Crippen LogP contribution in [-0.2, 0) is 0 Å². The summed E-state index contributed by atoms with van der Waals surface area (Å²) in [6, 6.07) is 4.62. The largest absolute Gasteiger partial charge is 0.403 e. The second-order valence-corrected chi connectivity index (χ2v) is 7.00. The van der Waals surface area contributed by atoms with Gasteiger partial charge in [0, 0.05) is 36.2 Å². The van der Waals surface area contributed by atoms with Crippen LogP contribution < -0.4 is 16.0 Å². The molecule has 29 heavy (non-hydrogen) atoms. The van der Waals surface area contributed by atoms with Crippen molar-refractivity contribution >= 4 is 39.0 Å². The van der Waals surface area contributed by atoms with Crippen LogP contribution in [0.25, 0.3) is 17.1 Å². The van der Waals surface area contributed by atoms with Gasteiger partial charge in [0.25, 0.3) is 5.89 Å². The van der Waals surface area contributed by atoms with E-state index >= 15 is 4.39 Å². The standard InChI is InChI=1S/C18H16BrF2N7O/c1-22-4-5-24-18-27-26-17(29-18)11-9-28-7-6-23-16(28)14(21)15(11)25-13-3-2-10(19)8-12(13)20/h2-3,6-9,22,25H,4-5H2,1H3,(H,24,27). The monoisotopic (exact) mass is 463 g/mol. The number of nitrogens with zero attached hydrogens (tertiary/aromatic N) is 4. The Kier molecular flexibility index (Phi) is 5.41. The third-order valence-electron chi connectivity index (χ3n) is 4.12. The number of pyridine rings is 1. The molecule has 11 heteroatoms. The number of hydrogen-bond acceptors (Lipinski definition) is 7. The van der Waals surface area contributed by atoms with E-state index in [2.05, 4.69) is 47.1 Å². The molecule has 3 aromatic heterocycles. The summed E-state index contributed by atoms with van der Waals surface area (Å²) < 4.78 is 37.2. The maximum atomic E-state index is 15.2. The highest BCUT2D eigenvalue weighted by Crippen LogP contribution is 2.35. The maximum Gasteiger partial charge on any atom is 0.315 e. The first-order valence-electron chi connectivity index (χ1n) is 8.66. The fourth-order valence-electron chi connectivity index (χ4n) is 2.73. The maximum absolute atomic E-state index is 15.2. The molecule has 4 aromatic rings. The summed E-state index contributed by atoms with van der Waals surface area (Å²) in [4.78, 5) is 4.01. The van der Waals surface area contributed by atoms with E-state index in [1.54, 1.807) is 18.5 Å². The van der Waals surface area contributed by atoms with Crippen molar-refractivity contribution in [1.29, 1.82) is 0 Å². The van der Waals surface area contributed by atoms with E-state index in [9.17, 15) is 4.39 Å². The average Bonchev–Trinajstić information content (AvgIpc) is 3.35. The Balaban J connectivity index is 1.77. The second-order valence-electron chi connectivity index (χ2n) is 6.08. The molecule has 0 spiro atoms. The van der Waals surface area contributed by atoms with Crippen LogP contribution in [0, 0.1) is 11.6 Å². The van der Waals surface area contributed by atoms with Crippen molar-refractivity contribution in [2.75, 3.05) is 30.8 Å². The lowest BCUT2D eigenvalue weighted by molar-refractivity contribution is 0.577. The van der Waals surface area contributed by atoms with Gasteiger partial charge in [-0.25, -0.2) is 13.8 Å². The van der Waals surface area contributed by atoms with Crippen molar-refractivity contribution in [3.8, 4) is 11.5 Å². The molecule has 0 amide bonds. The summed E-state index contributed by atoms with van der Waals surface area (Å²) in [6.45, 7) is 1.27. The molecule has 0 radical (unpaired) electrons. The number of halogens is 3. The molecular formula is C18H16BrF2N7O. The average molecular weight is 464 g/mol. The van der Waals surface area contributed by atoms with E-state index < -0.39 is 11.6 Å². The van der Waals surface area contributed by atoms with Gasteiger partial charge in [0.2, 0.25) is 0 Å². The van der Waals surface area contributed by atoms with E-state index in [1.165, 1.54) is 22.7 Å². The van der Waals surface area contributed by atoms with Gasteiger partial charge in [0.05, 0.1) is 16.9 Å². The Labute approximate surface area is 172 Å². The van der Waals surface area contributed by atoms with Gasteiger partial charge in [-0.1, -0.05) is 21.0 Å². The molecule has 0 saturated carbocycles. The topological polar surface area (TPSA) is 92.3 Å². The number of nitrogens with one attached hydrogen (secondary N) is 3. The molecule has 0 aliphatic rings. The Bertz CT molecular complexity index is 1160. The molecule has 150 valence electrons. The molecule has 0 saturated heterocycles. The molecule has 0 unspecified atom stereocenters. The summed E-state index contributed by atoms with van der Waals surface area (Å²) in [6.07, 6.45) is 4.65. The Morgan fingerprint density at radius 3 is 2.86 bits per heavy atom. The van der Waals surface area contributed by atoms with E-state index in [0.29, 0.717) is 17.6 Å². The first-order chi connectivity index (χ1) is 14.1. The molecule has 0 aliphatic heterocycles. The molecular weight excluding hydrogens is 448 g/mol.